The maximum atomic E-state index is 12.4. The zero-order valence-corrected chi connectivity index (χ0v) is 22.1. The summed E-state index contributed by atoms with van der Waals surface area (Å²) in [6.07, 6.45) is 2.01. The molecule has 4 rings (SSSR count). The smallest absolute Gasteiger partial charge is 0.415 e. The number of carboxylic acids is 1. The molecule has 4 aromatic rings. The number of aromatic nitrogens is 2. The molecule has 0 fully saturated rings. The number of fused-ring (bicyclic) bond motifs is 1. The number of pyridine rings is 1. The van der Waals surface area contributed by atoms with E-state index in [4.69, 9.17) is 9.47 Å². The lowest BCUT2D eigenvalue weighted by molar-refractivity contribution is -0.137. The van der Waals surface area contributed by atoms with Crippen molar-refractivity contribution in [2.45, 2.75) is 45.3 Å². The predicted octanol–water partition coefficient (Wildman–Crippen LogP) is 6.09. The molecule has 1 unspecified atom stereocenters. The molecule has 1 amide bonds. The minimum Gasteiger partial charge on any atom is -0.493 e. The first-order valence-corrected chi connectivity index (χ1v) is 12.5. The zero-order chi connectivity index (χ0) is 27.3. The maximum Gasteiger partial charge on any atom is 0.415 e. The molecular weight excluding hydrogens is 482 g/mol. The number of aliphatic carboxylic acids is 1. The largest absolute Gasteiger partial charge is 0.493 e. The highest BCUT2D eigenvalue weighted by Crippen LogP contribution is 2.30. The normalized spacial score (nSPS) is 12.2. The van der Waals surface area contributed by atoms with Gasteiger partial charge in [0, 0.05) is 36.3 Å². The fourth-order valence-electron chi connectivity index (χ4n) is 4.21. The topological polar surface area (TPSA) is 93.9 Å². The van der Waals surface area contributed by atoms with E-state index in [2.05, 4.69) is 4.98 Å². The zero-order valence-electron chi connectivity index (χ0n) is 22.1. The molecule has 0 saturated heterocycles. The van der Waals surface area contributed by atoms with Crippen LogP contribution in [0.15, 0.2) is 79.0 Å². The standard InChI is InChI=1S/C30H33N3O5/c1-30(2,3)38-29(36)32(4)27-12-8-11-23(31-27)16-18-37-24-13-14-25-22(19-24)15-17-33(25)26(20-28(34)35)21-9-6-5-7-10-21/h5-15,17,19,26H,16,18,20H2,1-4H3,(H,34,35). The molecule has 2 aromatic carbocycles. The highest BCUT2D eigenvalue weighted by molar-refractivity contribution is 5.86. The summed E-state index contributed by atoms with van der Waals surface area (Å²) in [6.45, 7) is 5.88. The monoisotopic (exact) mass is 515 g/mol. The Balaban J connectivity index is 1.43. The van der Waals surface area contributed by atoms with Gasteiger partial charge in [0.2, 0.25) is 0 Å². The molecule has 1 N–H and O–H groups in total. The summed E-state index contributed by atoms with van der Waals surface area (Å²) in [4.78, 5) is 29.9. The SMILES string of the molecule is CN(C(=O)OC(C)(C)C)c1cccc(CCOc2ccc3c(ccn3C(CC(=O)O)c3ccccc3)c2)n1. The van der Waals surface area contributed by atoms with Crippen LogP contribution in [0.1, 0.15) is 44.5 Å². The minimum absolute atomic E-state index is 0.0127. The van der Waals surface area contributed by atoms with Crippen LogP contribution in [0, 0.1) is 0 Å². The average molecular weight is 516 g/mol. The van der Waals surface area contributed by atoms with E-state index in [1.165, 1.54) is 4.90 Å². The van der Waals surface area contributed by atoms with E-state index in [1.54, 1.807) is 13.1 Å². The van der Waals surface area contributed by atoms with Crippen LogP contribution in [-0.4, -0.2) is 46.0 Å². The van der Waals surface area contributed by atoms with Gasteiger partial charge in [-0.15, -0.1) is 0 Å². The number of rotatable bonds is 9. The third-order valence-electron chi connectivity index (χ3n) is 6.01. The van der Waals surface area contributed by atoms with Gasteiger partial charge in [0.05, 0.1) is 19.1 Å². The van der Waals surface area contributed by atoms with Gasteiger partial charge in [-0.3, -0.25) is 9.69 Å². The van der Waals surface area contributed by atoms with Gasteiger partial charge in [-0.25, -0.2) is 9.78 Å². The highest BCUT2D eigenvalue weighted by Gasteiger charge is 2.22. The van der Waals surface area contributed by atoms with Crippen molar-refractivity contribution in [1.29, 1.82) is 0 Å². The average Bonchev–Trinajstić information content (AvgIpc) is 3.29. The molecule has 0 aliphatic heterocycles. The van der Waals surface area contributed by atoms with Gasteiger partial charge in [0.1, 0.15) is 17.2 Å². The van der Waals surface area contributed by atoms with E-state index >= 15 is 0 Å². The quantitative estimate of drug-likeness (QED) is 0.290. The Bertz CT molecular complexity index is 1410. The number of benzene rings is 2. The van der Waals surface area contributed by atoms with Crippen LogP contribution in [0.2, 0.25) is 0 Å². The number of anilines is 1. The Kier molecular flexibility index (Phi) is 8.00. The van der Waals surface area contributed by atoms with Gasteiger partial charge in [-0.05, 0) is 62.7 Å². The summed E-state index contributed by atoms with van der Waals surface area (Å²) in [5.41, 5.74) is 2.09. The summed E-state index contributed by atoms with van der Waals surface area (Å²) in [6, 6.07) is 22.6. The van der Waals surface area contributed by atoms with Gasteiger partial charge in [0.25, 0.3) is 0 Å². The van der Waals surface area contributed by atoms with E-state index < -0.39 is 17.7 Å². The molecule has 0 aliphatic rings. The summed E-state index contributed by atoms with van der Waals surface area (Å²) in [7, 11) is 1.64. The number of nitrogens with zero attached hydrogens (tertiary/aromatic N) is 3. The Morgan fingerprint density at radius 1 is 1.03 bits per heavy atom. The van der Waals surface area contributed by atoms with Crippen molar-refractivity contribution in [2.24, 2.45) is 0 Å². The first-order chi connectivity index (χ1) is 18.1. The molecule has 2 heterocycles. The van der Waals surface area contributed by atoms with E-state index in [9.17, 15) is 14.7 Å². The van der Waals surface area contributed by atoms with Crippen molar-refractivity contribution < 1.29 is 24.2 Å². The molecule has 38 heavy (non-hydrogen) atoms. The Labute approximate surface area is 222 Å². The van der Waals surface area contributed by atoms with Crippen molar-refractivity contribution in [3.05, 3.63) is 90.3 Å². The van der Waals surface area contributed by atoms with Crippen LogP contribution >= 0.6 is 0 Å². The highest BCUT2D eigenvalue weighted by atomic mass is 16.6. The summed E-state index contributed by atoms with van der Waals surface area (Å²) in [5.74, 6) is 0.372. The lowest BCUT2D eigenvalue weighted by Gasteiger charge is -2.24. The molecule has 198 valence electrons. The van der Waals surface area contributed by atoms with Gasteiger partial charge >= 0.3 is 12.1 Å². The summed E-state index contributed by atoms with van der Waals surface area (Å²) >= 11 is 0. The first kappa shape index (κ1) is 26.7. The molecule has 8 heteroatoms. The summed E-state index contributed by atoms with van der Waals surface area (Å²) in [5, 5.41) is 10.5. The fourth-order valence-corrected chi connectivity index (χ4v) is 4.21. The number of carbonyl (C=O) groups is 2. The lowest BCUT2D eigenvalue weighted by atomic mass is 10.0. The van der Waals surface area contributed by atoms with Gasteiger partial charge < -0.3 is 19.1 Å². The molecule has 0 spiro atoms. The second kappa shape index (κ2) is 11.4. The Morgan fingerprint density at radius 3 is 2.50 bits per heavy atom. The number of amides is 1. The van der Waals surface area contributed by atoms with E-state index in [-0.39, 0.29) is 12.5 Å². The second-order valence-corrected chi connectivity index (χ2v) is 10.1. The maximum absolute atomic E-state index is 12.4. The second-order valence-electron chi connectivity index (χ2n) is 10.1. The number of hydrogen-bond donors (Lipinski definition) is 1. The number of carbonyl (C=O) groups excluding carboxylic acids is 1. The van der Waals surface area contributed by atoms with Crippen molar-refractivity contribution in [3.63, 3.8) is 0 Å². The lowest BCUT2D eigenvalue weighted by Crippen LogP contribution is -2.34. The molecule has 1 atom stereocenters. The van der Waals surface area contributed by atoms with E-state index in [0.29, 0.717) is 24.6 Å². The third kappa shape index (κ3) is 6.70. The van der Waals surface area contributed by atoms with Crippen LogP contribution in [0.4, 0.5) is 10.6 Å². The number of hydrogen-bond acceptors (Lipinski definition) is 5. The van der Waals surface area contributed by atoms with Crippen molar-refractivity contribution in [2.75, 3.05) is 18.6 Å². The van der Waals surface area contributed by atoms with Crippen molar-refractivity contribution in [3.8, 4) is 5.75 Å². The van der Waals surface area contributed by atoms with Crippen LogP contribution < -0.4 is 9.64 Å². The predicted molar refractivity (Wildman–Crippen MR) is 147 cm³/mol. The minimum atomic E-state index is -0.851. The first-order valence-electron chi connectivity index (χ1n) is 12.5. The van der Waals surface area contributed by atoms with E-state index in [0.717, 1.165) is 22.2 Å². The van der Waals surface area contributed by atoms with E-state index in [1.807, 2.05) is 98.3 Å². The molecule has 0 saturated carbocycles. The summed E-state index contributed by atoms with van der Waals surface area (Å²) < 4.78 is 13.4. The van der Waals surface area contributed by atoms with Gasteiger partial charge in [0.15, 0.2) is 0 Å². The van der Waals surface area contributed by atoms with Gasteiger partial charge in [-0.1, -0.05) is 36.4 Å². The van der Waals surface area contributed by atoms with Crippen LogP contribution in [0.3, 0.4) is 0 Å². The van der Waals surface area contributed by atoms with Crippen LogP contribution in [-0.2, 0) is 16.0 Å². The molecular formula is C30H33N3O5. The fraction of sp³-hybridized carbons (Fsp3) is 0.300. The number of carboxylic acid groups (broad SMARTS) is 1. The van der Waals surface area contributed by atoms with Gasteiger partial charge in [-0.2, -0.15) is 0 Å². The Hall–Kier alpha value is -4.33. The van der Waals surface area contributed by atoms with Crippen molar-refractivity contribution in [1.82, 2.24) is 9.55 Å². The van der Waals surface area contributed by atoms with Crippen LogP contribution in [0.25, 0.3) is 10.9 Å². The molecule has 8 nitrogen and oxygen atoms in total. The Morgan fingerprint density at radius 2 is 1.79 bits per heavy atom. The molecule has 0 radical (unpaired) electrons. The molecule has 2 aromatic heterocycles. The van der Waals surface area contributed by atoms with Crippen LogP contribution in [0.5, 0.6) is 5.75 Å². The molecule has 0 aliphatic carbocycles. The third-order valence-corrected chi connectivity index (χ3v) is 6.01. The number of ether oxygens (including phenoxy) is 2. The molecule has 0 bridgehead atoms. The van der Waals surface area contributed by atoms with Crippen molar-refractivity contribution >= 4 is 28.8 Å².